The summed E-state index contributed by atoms with van der Waals surface area (Å²) in [5.74, 6) is 1.09. The predicted molar refractivity (Wildman–Crippen MR) is 90.5 cm³/mol. The number of benzene rings is 1. The minimum Gasteiger partial charge on any atom is -0.491 e. The Hall–Kier alpha value is -2.54. The second-order valence-corrected chi connectivity index (χ2v) is 6.57. The molecule has 0 bridgehead atoms. The van der Waals surface area contributed by atoms with Crippen molar-refractivity contribution in [2.24, 2.45) is 0 Å². The Morgan fingerprint density at radius 2 is 2.28 bits per heavy atom. The number of aromatic nitrogens is 1. The molecule has 0 radical (unpaired) electrons. The third-order valence-corrected chi connectivity index (χ3v) is 4.34. The zero-order valence-electron chi connectivity index (χ0n) is 14.2. The fraction of sp³-hybridized carbons (Fsp3) is 0.444. The van der Waals surface area contributed by atoms with Gasteiger partial charge in [-0.25, -0.2) is 0 Å². The monoisotopic (exact) mass is 346 g/mol. The van der Waals surface area contributed by atoms with Crippen molar-refractivity contribution in [3.63, 3.8) is 0 Å². The number of carbonyl (C=O) groups is 1. The van der Waals surface area contributed by atoms with Crippen LogP contribution in [0.2, 0.25) is 0 Å². The van der Waals surface area contributed by atoms with Crippen LogP contribution in [0.25, 0.3) is 0 Å². The number of amides is 1. The van der Waals surface area contributed by atoms with Crippen molar-refractivity contribution in [3.05, 3.63) is 52.0 Å². The van der Waals surface area contributed by atoms with Crippen LogP contribution in [0.1, 0.15) is 24.2 Å². The number of hydrogen-bond acceptors (Lipinski definition) is 5. The maximum Gasteiger partial charge on any atom is 0.280 e. The van der Waals surface area contributed by atoms with Crippen LogP contribution in [0.5, 0.6) is 5.75 Å². The number of carbonyl (C=O) groups excluding carboxylic acids is 1. The van der Waals surface area contributed by atoms with E-state index in [-0.39, 0.29) is 31.0 Å². The van der Waals surface area contributed by atoms with Crippen LogP contribution in [-0.4, -0.2) is 46.4 Å². The summed E-state index contributed by atoms with van der Waals surface area (Å²) in [7, 11) is 0. The fourth-order valence-corrected chi connectivity index (χ4v) is 2.94. The predicted octanol–water partition coefficient (Wildman–Crippen LogP) is 1.25. The normalized spacial score (nSPS) is 20.0. The summed E-state index contributed by atoms with van der Waals surface area (Å²) in [6.07, 6.45) is 1.06. The molecular weight excluding hydrogens is 324 g/mol. The molecule has 1 saturated heterocycles. The van der Waals surface area contributed by atoms with Crippen molar-refractivity contribution in [3.8, 4) is 5.75 Å². The lowest BCUT2D eigenvalue weighted by Crippen LogP contribution is -2.40. The van der Waals surface area contributed by atoms with Crippen LogP contribution in [0, 0.1) is 6.92 Å². The molecule has 1 aromatic carbocycles. The number of aryl methyl sites for hydroxylation is 2. The molecule has 1 unspecified atom stereocenters. The van der Waals surface area contributed by atoms with Gasteiger partial charge in [0.05, 0.1) is 6.54 Å². The molecule has 134 valence electrons. The van der Waals surface area contributed by atoms with Crippen molar-refractivity contribution < 1.29 is 19.2 Å². The van der Waals surface area contributed by atoms with Gasteiger partial charge in [-0.05, 0) is 31.0 Å². The molecule has 1 aliphatic rings. The number of H-pyrrole nitrogens is 1. The van der Waals surface area contributed by atoms with Crippen LogP contribution in [-0.2, 0) is 11.2 Å². The van der Waals surface area contributed by atoms with Crippen LogP contribution in [0.3, 0.4) is 0 Å². The fourth-order valence-electron chi connectivity index (χ4n) is 2.94. The molecule has 0 spiro atoms. The van der Waals surface area contributed by atoms with Crippen molar-refractivity contribution >= 4 is 5.91 Å². The van der Waals surface area contributed by atoms with Gasteiger partial charge in [0, 0.05) is 25.5 Å². The largest absolute Gasteiger partial charge is 0.491 e. The quantitative estimate of drug-likeness (QED) is 0.821. The van der Waals surface area contributed by atoms with Gasteiger partial charge >= 0.3 is 0 Å². The summed E-state index contributed by atoms with van der Waals surface area (Å²) in [4.78, 5) is 24.9. The molecule has 7 nitrogen and oxygen atoms in total. The first-order valence-electron chi connectivity index (χ1n) is 8.31. The number of nitrogens with one attached hydrogen (secondary N) is 1. The molecule has 1 amide bonds. The molecule has 25 heavy (non-hydrogen) atoms. The van der Waals surface area contributed by atoms with E-state index in [0.717, 1.165) is 5.56 Å². The van der Waals surface area contributed by atoms with Gasteiger partial charge in [-0.1, -0.05) is 12.1 Å². The Bertz CT molecular complexity index is 797. The maximum absolute atomic E-state index is 12.3. The number of rotatable bonds is 6. The van der Waals surface area contributed by atoms with Gasteiger partial charge in [-0.15, -0.1) is 0 Å². The first kappa shape index (κ1) is 17.3. The average Bonchev–Trinajstić information content (AvgIpc) is 3.18. The summed E-state index contributed by atoms with van der Waals surface area (Å²) in [5, 5.41) is 12.8. The van der Waals surface area contributed by atoms with Crippen LogP contribution >= 0.6 is 0 Å². The molecule has 1 aliphatic heterocycles. The van der Waals surface area contributed by atoms with Gasteiger partial charge in [0.2, 0.25) is 5.91 Å². The highest BCUT2D eigenvalue weighted by molar-refractivity contribution is 5.76. The topological polar surface area (TPSA) is 95.8 Å². The SMILES string of the molecule is Cc1cccc(OCC2(O)CCN(C(=O)CCc3cc(=O)[nH]o3)C2)c1. The molecule has 1 aromatic heterocycles. The van der Waals surface area contributed by atoms with Crippen LogP contribution < -0.4 is 10.3 Å². The highest BCUT2D eigenvalue weighted by Crippen LogP contribution is 2.24. The van der Waals surface area contributed by atoms with Crippen molar-refractivity contribution in [1.29, 1.82) is 0 Å². The standard InChI is InChI=1S/C18H22N2O5/c1-13-3-2-4-14(9-13)24-12-18(23)7-8-20(11-18)17(22)6-5-15-10-16(21)19-25-15/h2-4,9-10,23H,5-8,11-12H2,1H3,(H,19,21). The van der Waals surface area contributed by atoms with Gasteiger partial charge < -0.3 is 19.3 Å². The average molecular weight is 346 g/mol. The molecule has 1 atom stereocenters. The highest BCUT2D eigenvalue weighted by atomic mass is 16.5. The first-order chi connectivity index (χ1) is 11.9. The van der Waals surface area contributed by atoms with E-state index in [1.165, 1.54) is 6.07 Å². The third-order valence-electron chi connectivity index (χ3n) is 4.34. The molecule has 2 N–H and O–H groups in total. The van der Waals surface area contributed by atoms with E-state index in [1.54, 1.807) is 4.90 Å². The molecule has 0 saturated carbocycles. The molecule has 0 aliphatic carbocycles. The zero-order chi connectivity index (χ0) is 17.9. The number of ether oxygens (including phenoxy) is 1. The maximum atomic E-state index is 12.3. The van der Waals surface area contributed by atoms with E-state index in [2.05, 4.69) is 5.16 Å². The third kappa shape index (κ3) is 4.51. The van der Waals surface area contributed by atoms with E-state index in [4.69, 9.17) is 9.26 Å². The lowest BCUT2D eigenvalue weighted by atomic mass is 10.1. The lowest BCUT2D eigenvalue weighted by molar-refractivity contribution is -0.131. The molecule has 3 rings (SSSR count). The van der Waals surface area contributed by atoms with E-state index in [0.29, 0.717) is 30.9 Å². The van der Waals surface area contributed by atoms with Crippen LogP contribution in [0.4, 0.5) is 0 Å². The van der Waals surface area contributed by atoms with E-state index in [9.17, 15) is 14.7 Å². The number of β-amino-alcohol motifs (C(OH)–C–C–N with tert-alkyl or cyclic N) is 1. The van der Waals surface area contributed by atoms with E-state index in [1.807, 2.05) is 31.2 Å². The Morgan fingerprint density at radius 1 is 1.44 bits per heavy atom. The lowest BCUT2D eigenvalue weighted by Gasteiger charge is -2.23. The van der Waals surface area contributed by atoms with E-state index < -0.39 is 5.60 Å². The van der Waals surface area contributed by atoms with Crippen molar-refractivity contribution in [2.75, 3.05) is 19.7 Å². The van der Waals surface area contributed by atoms with Gasteiger partial charge in [-0.2, -0.15) is 5.16 Å². The number of likely N-dealkylation sites (tertiary alicyclic amines) is 1. The number of aliphatic hydroxyl groups is 1. The molecule has 7 heteroatoms. The second-order valence-electron chi connectivity index (χ2n) is 6.57. The van der Waals surface area contributed by atoms with Crippen LogP contribution in [0.15, 0.2) is 39.6 Å². The summed E-state index contributed by atoms with van der Waals surface area (Å²) in [6.45, 7) is 2.86. The van der Waals surface area contributed by atoms with Crippen molar-refractivity contribution in [2.45, 2.75) is 31.8 Å². The summed E-state index contributed by atoms with van der Waals surface area (Å²) < 4.78 is 10.6. The zero-order valence-corrected chi connectivity index (χ0v) is 14.2. The molecule has 1 fully saturated rings. The number of aromatic amines is 1. The minimum absolute atomic E-state index is 0.0738. The summed E-state index contributed by atoms with van der Waals surface area (Å²) in [6, 6.07) is 8.97. The Balaban J connectivity index is 1.49. The minimum atomic E-state index is -1.04. The molecular formula is C18H22N2O5. The molecule has 2 aromatic rings. The van der Waals surface area contributed by atoms with E-state index >= 15 is 0 Å². The van der Waals surface area contributed by atoms with Crippen molar-refractivity contribution in [1.82, 2.24) is 10.1 Å². The Kier molecular flexibility index (Phi) is 4.94. The molecule has 2 heterocycles. The number of nitrogens with zero attached hydrogens (tertiary/aromatic N) is 1. The Morgan fingerprint density at radius 3 is 3.00 bits per heavy atom. The van der Waals surface area contributed by atoms with Gasteiger partial charge in [0.1, 0.15) is 23.7 Å². The van der Waals surface area contributed by atoms with Gasteiger partial charge in [0.25, 0.3) is 5.56 Å². The highest BCUT2D eigenvalue weighted by Gasteiger charge is 2.38. The van der Waals surface area contributed by atoms with Gasteiger partial charge in [-0.3, -0.25) is 9.59 Å². The first-order valence-corrected chi connectivity index (χ1v) is 8.31. The Labute approximate surface area is 145 Å². The summed E-state index contributed by atoms with van der Waals surface area (Å²) in [5.41, 5.74) is -0.268. The number of hydrogen-bond donors (Lipinski definition) is 2. The second kappa shape index (κ2) is 7.14. The smallest absolute Gasteiger partial charge is 0.280 e. The summed E-state index contributed by atoms with van der Waals surface area (Å²) >= 11 is 0. The van der Waals surface area contributed by atoms with Gasteiger partial charge in [0.15, 0.2) is 0 Å².